The number of ether oxygens (including phenoxy) is 2. The zero-order chi connectivity index (χ0) is 21.9. The number of nitrogens with zero attached hydrogens (tertiary/aromatic N) is 2. The summed E-state index contributed by atoms with van der Waals surface area (Å²) in [4.78, 5) is 21.4. The highest BCUT2D eigenvalue weighted by molar-refractivity contribution is 6.05. The van der Waals surface area contributed by atoms with Gasteiger partial charge >= 0.3 is 0 Å². The zero-order valence-electron chi connectivity index (χ0n) is 16.7. The van der Waals surface area contributed by atoms with Gasteiger partial charge < -0.3 is 20.1 Å². The van der Waals surface area contributed by atoms with E-state index in [0.29, 0.717) is 45.6 Å². The highest BCUT2D eigenvalue weighted by Gasteiger charge is 2.15. The summed E-state index contributed by atoms with van der Waals surface area (Å²) in [6, 6.07) is 20.0. The molecule has 0 saturated carbocycles. The molecule has 158 valence electrons. The first-order valence-electron chi connectivity index (χ1n) is 9.81. The molecule has 7 nitrogen and oxygen atoms in total. The molecule has 2 heterocycles. The maximum absolute atomic E-state index is 13.2. The Hall–Kier alpha value is -4.46. The van der Waals surface area contributed by atoms with Crippen LogP contribution in [0.4, 0.5) is 21.6 Å². The first kappa shape index (κ1) is 19.5. The molecule has 0 atom stereocenters. The van der Waals surface area contributed by atoms with Crippen LogP contribution < -0.4 is 20.1 Å². The predicted molar refractivity (Wildman–Crippen MR) is 118 cm³/mol. The Morgan fingerprint density at radius 1 is 0.906 bits per heavy atom. The van der Waals surface area contributed by atoms with Crippen molar-refractivity contribution >= 4 is 23.1 Å². The van der Waals surface area contributed by atoms with E-state index < -0.39 is 0 Å². The number of aromatic nitrogens is 2. The molecule has 0 unspecified atom stereocenters. The SMILES string of the molecule is O=C(Nc1ccc2c(c1)OCO2)c1cccc(Nc2ccnc(-c3ccc(F)cc3)n2)c1. The van der Waals surface area contributed by atoms with Crippen LogP contribution in [-0.4, -0.2) is 22.7 Å². The number of fused-ring (bicyclic) bond motifs is 1. The minimum Gasteiger partial charge on any atom is -0.454 e. The second kappa shape index (κ2) is 8.35. The van der Waals surface area contributed by atoms with Crippen LogP contribution in [0, 0.1) is 5.82 Å². The number of anilines is 3. The number of carbonyl (C=O) groups is 1. The molecule has 0 saturated heterocycles. The largest absolute Gasteiger partial charge is 0.454 e. The minimum atomic E-state index is -0.320. The molecule has 1 aliphatic heterocycles. The van der Waals surface area contributed by atoms with Gasteiger partial charge in [-0.3, -0.25) is 4.79 Å². The third kappa shape index (κ3) is 4.20. The fourth-order valence-corrected chi connectivity index (χ4v) is 3.23. The summed E-state index contributed by atoms with van der Waals surface area (Å²) >= 11 is 0. The molecule has 0 spiro atoms. The fraction of sp³-hybridized carbons (Fsp3) is 0.0417. The topological polar surface area (TPSA) is 85.4 Å². The minimum absolute atomic E-state index is 0.173. The first-order valence-corrected chi connectivity index (χ1v) is 9.81. The highest BCUT2D eigenvalue weighted by atomic mass is 19.1. The Bertz CT molecular complexity index is 1290. The van der Waals surface area contributed by atoms with E-state index in [1.165, 1.54) is 12.1 Å². The summed E-state index contributed by atoms with van der Waals surface area (Å²) in [7, 11) is 0. The second-order valence-electron chi connectivity index (χ2n) is 7.00. The summed E-state index contributed by atoms with van der Waals surface area (Å²) in [5.41, 5.74) is 2.47. The van der Waals surface area contributed by atoms with Crippen LogP contribution in [0.15, 0.2) is 79.0 Å². The number of nitrogens with one attached hydrogen (secondary N) is 2. The number of carbonyl (C=O) groups excluding carboxylic acids is 1. The van der Waals surface area contributed by atoms with Gasteiger partial charge in [0.25, 0.3) is 5.91 Å². The summed E-state index contributed by atoms with van der Waals surface area (Å²) in [5.74, 6) is 1.68. The number of rotatable bonds is 5. The van der Waals surface area contributed by atoms with Gasteiger partial charge in [-0.15, -0.1) is 0 Å². The van der Waals surface area contributed by atoms with Crippen molar-refractivity contribution < 1.29 is 18.7 Å². The predicted octanol–water partition coefficient (Wildman–Crippen LogP) is 5.01. The van der Waals surface area contributed by atoms with Gasteiger partial charge in [0.15, 0.2) is 17.3 Å². The maximum atomic E-state index is 13.2. The summed E-state index contributed by atoms with van der Waals surface area (Å²) < 4.78 is 23.8. The van der Waals surface area contributed by atoms with Crippen molar-refractivity contribution in [3.05, 3.63) is 90.4 Å². The Morgan fingerprint density at radius 3 is 2.62 bits per heavy atom. The van der Waals surface area contributed by atoms with Crippen molar-refractivity contribution in [1.82, 2.24) is 9.97 Å². The average Bonchev–Trinajstić information content (AvgIpc) is 3.28. The van der Waals surface area contributed by atoms with Crippen molar-refractivity contribution in [3.63, 3.8) is 0 Å². The Morgan fingerprint density at radius 2 is 1.75 bits per heavy atom. The summed E-state index contributed by atoms with van der Waals surface area (Å²) in [6.07, 6.45) is 1.62. The van der Waals surface area contributed by atoms with Gasteiger partial charge in [-0.25, -0.2) is 14.4 Å². The molecular weight excluding hydrogens is 411 g/mol. The normalized spacial score (nSPS) is 11.8. The average molecular weight is 428 g/mol. The molecule has 1 aliphatic rings. The molecule has 1 amide bonds. The van der Waals surface area contributed by atoms with Crippen LogP contribution in [0.1, 0.15) is 10.4 Å². The van der Waals surface area contributed by atoms with Crippen LogP contribution in [0.5, 0.6) is 11.5 Å². The molecule has 5 rings (SSSR count). The number of amides is 1. The fourth-order valence-electron chi connectivity index (χ4n) is 3.23. The lowest BCUT2D eigenvalue weighted by molar-refractivity contribution is 0.102. The monoisotopic (exact) mass is 428 g/mol. The third-order valence-electron chi connectivity index (χ3n) is 4.79. The molecule has 0 bridgehead atoms. The van der Waals surface area contributed by atoms with E-state index in [1.807, 2.05) is 6.07 Å². The van der Waals surface area contributed by atoms with E-state index in [2.05, 4.69) is 20.6 Å². The third-order valence-corrected chi connectivity index (χ3v) is 4.79. The van der Waals surface area contributed by atoms with Crippen molar-refractivity contribution in [2.75, 3.05) is 17.4 Å². The van der Waals surface area contributed by atoms with E-state index >= 15 is 0 Å². The molecule has 32 heavy (non-hydrogen) atoms. The zero-order valence-corrected chi connectivity index (χ0v) is 16.7. The van der Waals surface area contributed by atoms with Crippen LogP contribution in [-0.2, 0) is 0 Å². The quantitative estimate of drug-likeness (QED) is 0.465. The Kier molecular flexibility index (Phi) is 5.09. The lowest BCUT2D eigenvalue weighted by atomic mass is 10.1. The summed E-state index contributed by atoms with van der Waals surface area (Å²) in [6.45, 7) is 0.173. The van der Waals surface area contributed by atoms with Crippen molar-refractivity contribution in [1.29, 1.82) is 0 Å². The molecule has 0 radical (unpaired) electrons. The van der Waals surface area contributed by atoms with Crippen molar-refractivity contribution in [2.45, 2.75) is 0 Å². The van der Waals surface area contributed by atoms with Crippen LogP contribution in [0.2, 0.25) is 0 Å². The highest BCUT2D eigenvalue weighted by Crippen LogP contribution is 2.34. The Labute approximate surface area is 182 Å². The van der Waals surface area contributed by atoms with Crippen LogP contribution >= 0.6 is 0 Å². The first-order chi connectivity index (χ1) is 15.6. The second-order valence-corrected chi connectivity index (χ2v) is 7.00. The molecule has 4 aromatic rings. The van der Waals surface area contributed by atoms with E-state index in [0.717, 1.165) is 0 Å². The molecule has 0 fully saturated rings. The van der Waals surface area contributed by atoms with Gasteiger partial charge in [-0.05, 0) is 60.7 Å². The van der Waals surface area contributed by atoms with E-state index in [-0.39, 0.29) is 18.5 Å². The number of hydrogen-bond acceptors (Lipinski definition) is 6. The van der Waals surface area contributed by atoms with Gasteiger partial charge in [0.05, 0.1) is 0 Å². The van der Waals surface area contributed by atoms with Crippen molar-refractivity contribution in [3.8, 4) is 22.9 Å². The Balaban J connectivity index is 1.31. The molecule has 8 heteroatoms. The van der Waals surface area contributed by atoms with Crippen LogP contribution in [0.3, 0.4) is 0 Å². The standard InChI is InChI=1S/C24H17FN4O3/c25-17-6-4-15(5-7-17)23-26-11-10-22(29-23)27-18-3-1-2-16(12-18)24(30)28-19-8-9-20-21(13-19)32-14-31-20/h1-13H,14H2,(H,28,30)(H,26,27,29). The lowest BCUT2D eigenvalue weighted by Crippen LogP contribution is -2.12. The van der Waals surface area contributed by atoms with E-state index in [1.54, 1.807) is 60.8 Å². The van der Waals surface area contributed by atoms with Gasteiger partial charge in [0, 0.05) is 34.8 Å². The number of halogens is 1. The summed E-state index contributed by atoms with van der Waals surface area (Å²) in [5, 5.41) is 6.03. The molecule has 1 aromatic heterocycles. The molecule has 3 aromatic carbocycles. The van der Waals surface area contributed by atoms with E-state index in [4.69, 9.17) is 9.47 Å². The number of hydrogen-bond donors (Lipinski definition) is 2. The van der Waals surface area contributed by atoms with Gasteiger partial charge in [-0.1, -0.05) is 6.07 Å². The smallest absolute Gasteiger partial charge is 0.255 e. The van der Waals surface area contributed by atoms with Gasteiger partial charge in [0.1, 0.15) is 11.6 Å². The molecular formula is C24H17FN4O3. The number of benzene rings is 3. The maximum Gasteiger partial charge on any atom is 0.255 e. The van der Waals surface area contributed by atoms with Gasteiger partial charge in [-0.2, -0.15) is 0 Å². The lowest BCUT2D eigenvalue weighted by Gasteiger charge is -2.10. The van der Waals surface area contributed by atoms with Crippen LogP contribution in [0.25, 0.3) is 11.4 Å². The molecule has 2 N–H and O–H groups in total. The van der Waals surface area contributed by atoms with E-state index in [9.17, 15) is 9.18 Å². The van der Waals surface area contributed by atoms with Gasteiger partial charge in [0.2, 0.25) is 6.79 Å². The van der Waals surface area contributed by atoms with Crippen molar-refractivity contribution in [2.24, 2.45) is 0 Å². The molecule has 0 aliphatic carbocycles.